The second kappa shape index (κ2) is 10.4. The van der Waals surface area contributed by atoms with Gasteiger partial charge < -0.3 is 10.2 Å². The van der Waals surface area contributed by atoms with Crippen LogP contribution in [0.4, 0.5) is 11.5 Å². The molecule has 0 radical (unpaired) electrons. The van der Waals surface area contributed by atoms with Gasteiger partial charge in [-0.05, 0) is 74.1 Å². The quantitative estimate of drug-likeness (QED) is 0.263. The first-order chi connectivity index (χ1) is 15.5. The number of piperidine rings is 1. The molecular weight excluding hydrogens is 440 g/mol. The summed E-state index contributed by atoms with van der Waals surface area (Å²) in [7, 11) is 0. The largest absolute Gasteiger partial charge is 0.356 e. The van der Waals surface area contributed by atoms with Crippen molar-refractivity contribution < 1.29 is 4.79 Å². The number of carbonyl (C=O) groups excluding carboxylic acids is 1. The minimum Gasteiger partial charge on any atom is -0.356 e. The molecule has 1 saturated heterocycles. The topological polar surface area (TPSA) is 58.1 Å². The Balaban J connectivity index is 1.37. The molecule has 1 aromatic heterocycles. The molecule has 0 aliphatic carbocycles. The van der Waals surface area contributed by atoms with Crippen molar-refractivity contribution in [1.29, 1.82) is 0 Å². The lowest BCUT2D eigenvalue weighted by Crippen LogP contribution is -2.30. The molecule has 3 aromatic rings. The smallest absolute Gasteiger partial charge is 0.255 e. The number of aromatic nitrogens is 2. The summed E-state index contributed by atoms with van der Waals surface area (Å²) in [4.78, 5) is 23.9. The first kappa shape index (κ1) is 22.6. The van der Waals surface area contributed by atoms with Crippen molar-refractivity contribution >= 4 is 40.8 Å². The van der Waals surface area contributed by atoms with E-state index in [1.165, 1.54) is 24.8 Å². The van der Waals surface area contributed by atoms with Crippen molar-refractivity contribution in [2.45, 2.75) is 44.0 Å². The van der Waals surface area contributed by atoms with E-state index in [2.05, 4.69) is 22.1 Å². The Morgan fingerprint density at radius 3 is 2.47 bits per heavy atom. The molecule has 1 amide bonds. The highest BCUT2D eigenvalue weighted by Crippen LogP contribution is 2.26. The molecule has 0 unspecified atom stereocenters. The number of nitrogens with zero attached hydrogens (tertiary/aromatic N) is 3. The molecule has 4 rings (SSSR count). The summed E-state index contributed by atoms with van der Waals surface area (Å²) in [6, 6.07) is 15.4. The fourth-order valence-corrected chi connectivity index (χ4v) is 4.69. The summed E-state index contributed by atoms with van der Waals surface area (Å²) in [6.45, 7) is 6.13. The van der Waals surface area contributed by atoms with Crippen molar-refractivity contribution in [1.82, 2.24) is 9.97 Å². The van der Waals surface area contributed by atoms with Gasteiger partial charge in [0.25, 0.3) is 5.91 Å². The summed E-state index contributed by atoms with van der Waals surface area (Å²) < 4.78 is 0. The number of hydrogen-bond donors (Lipinski definition) is 1. The van der Waals surface area contributed by atoms with E-state index in [1.807, 2.05) is 55.5 Å². The van der Waals surface area contributed by atoms with E-state index >= 15 is 0 Å². The molecule has 32 heavy (non-hydrogen) atoms. The highest BCUT2D eigenvalue weighted by molar-refractivity contribution is 7.98. The monoisotopic (exact) mass is 466 g/mol. The number of nitrogens with one attached hydrogen (secondary N) is 1. The van der Waals surface area contributed by atoms with Gasteiger partial charge in [0.15, 0.2) is 5.16 Å². The Morgan fingerprint density at radius 2 is 1.75 bits per heavy atom. The molecule has 1 aliphatic heterocycles. The first-order valence-electron chi connectivity index (χ1n) is 10.9. The van der Waals surface area contributed by atoms with Crippen LogP contribution in [0.3, 0.4) is 0 Å². The fourth-order valence-electron chi connectivity index (χ4n) is 3.66. The Kier molecular flexibility index (Phi) is 7.33. The molecule has 2 aromatic carbocycles. The summed E-state index contributed by atoms with van der Waals surface area (Å²) >= 11 is 7.81. The van der Waals surface area contributed by atoms with Gasteiger partial charge in [0, 0.05) is 36.2 Å². The lowest BCUT2D eigenvalue weighted by atomic mass is 10.1. The van der Waals surface area contributed by atoms with E-state index in [1.54, 1.807) is 11.8 Å². The Morgan fingerprint density at radius 1 is 1.00 bits per heavy atom. The van der Waals surface area contributed by atoms with Crippen LogP contribution >= 0.6 is 23.4 Å². The third-order valence-electron chi connectivity index (χ3n) is 5.69. The molecule has 7 heteroatoms. The average Bonchev–Trinajstić information content (AvgIpc) is 2.81. The van der Waals surface area contributed by atoms with E-state index in [0.717, 1.165) is 35.7 Å². The van der Waals surface area contributed by atoms with E-state index in [-0.39, 0.29) is 5.91 Å². The molecule has 0 bridgehead atoms. The zero-order valence-electron chi connectivity index (χ0n) is 18.4. The van der Waals surface area contributed by atoms with Crippen molar-refractivity contribution in [3.8, 4) is 0 Å². The Labute approximate surface area is 198 Å². The predicted molar refractivity (Wildman–Crippen MR) is 133 cm³/mol. The number of aryl methyl sites for hydroxylation is 2. The highest BCUT2D eigenvalue weighted by atomic mass is 35.5. The number of benzene rings is 2. The van der Waals surface area contributed by atoms with Crippen molar-refractivity contribution in [3.63, 3.8) is 0 Å². The number of rotatable bonds is 6. The number of amides is 1. The van der Waals surface area contributed by atoms with Crippen LogP contribution < -0.4 is 10.2 Å². The van der Waals surface area contributed by atoms with Gasteiger partial charge in [-0.2, -0.15) is 0 Å². The van der Waals surface area contributed by atoms with Gasteiger partial charge in [0.05, 0.1) is 0 Å². The van der Waals surface area contributed by atoms with Crippen LogP contribution in [0.25, 0.3) is 0 Å². The highest BCUT2D eigenvalue weighted by Gasteiger charge is 2.15. The zero-order valence-corrected chi connectivity index (χ0v) is 20.0. The van der Waals surface area contributed by atoms with Crippen LogP contribution in [0.2, 0.25) is 5.15 Å². The molecule has 5 nitrogen and oxygen atoms in total. The number of hydrogen-bond acceptors (Lipinski definition) is 5. The molecule has 0 spiro atoms. The van der Waals surface area contributed by atoms with E-state index in [9.17, 15) is 4.79 Å². The molecule has 1 aliphatic rings. The van der Waals surface area contributed by atoms with Crippen molar-refractivity contribution in [2.24, 2.45) is 0 Å². The molecular formula is C25H27ClN4OS. The number of anilines is 2. The van der Waals surface area contributed by atoms with Gasteiger partial charge in [0.2, 0.25) is 0 Å². The lowest BCUT2D eigenvalue weighted by Gasteiger charge is -2.27. The van der Waals surface area contributed by atoms with Crippen LogP contribution in [-0.4, -0.2) is 29.0 Å². The van der Waals surface area contributed by atoms with Crippen LogP contribution in [0, 0.1) is 13.8 Å². The molecule has 1 fully saturated rings. The molecule has 1 N–H and O–H groups in total. The van der Waals surface area contributed by atoms with Gasteiger partial charge in [-0.3, -0.25) is 4.79 Å². The standard InChI is InChI=1S/C25H27ClN4OS/c1-17-6-11-21(14-18(17)2)27-24(31)20-9-7-19(8-10-20)16-32-25-28-22(26)15-23(29-25)30-12-4-3-5-13-30/h6-11,14-15H,3-5,12-13,16H2,1-2H3,(H,27,31). The van der Waals surface area contributed by atoms with E-state index in [0.29, 0.717) is 21.6 Å². The Bertz CT molecular complexity index is 1100. The minimum absolute atomic E-state index is 0.114. The fraction of sp³-hybridized carbons (Fsp3) is 0.320. The minimum atomic E-state index is -0.114. The maximum absolute atomic E-state index is 12.6. The first-order valence-corrected chi connectivity index (χ1v) is 12.2. The van der Waals surface area contributed by atoms with Gasteiger partial charge in [0.1, 0.15) is 11.0 Å². The van der Waals surface area contributed by atoms with Gasteiger partial charge in [-0.15, -0.1) is 0 Å². The van der Waals surface area contributed by atoms with Crippen LogP contribution in [0.15, 0.2) is 53.7 Å². The number of halogens is 1. The maximum Gasteiger partial charge on any atom is 0.255 e. The Hall–Kier alpha value is -2.57. The second-order valence-corrected chi connectivity index (χ2v) is 9.45. The third kappa shape index (κ3) is 5.81. The van der Waals surface area contributed by atoms with E-state index in [4.69, 9.17) is 16.6 Å². The van der Waals surface area contributed by atoms with Gasteiger partial charge in [-0.1, -0.05) is 41.6 Å². The van der Waals surface area contributed by atoms with Gasteiger partial charge in [-0.25, -0.2) is 9.97 Å². The summed E-state index contributed by atoms with van der Waals surface area (Å²) in [5.41, 5.74) is 4.89. The molecule has 0 atom stereocenters. The number of thioether (sulfide) groups is 1. The van der Waals surface area contributed by atoms with Crippen LogP contribution in [0.1, 0.15) is 46.3 Å². The molecule has 2 heterocycles. The van der Waals surface area contributed by atoms with Crippen LogP contribution in [0.5, 0.6) is 0 Å². The van der Waals surface area contributed by atoms with Crippen molar-refractivity contribution in [2.75, 3.05) is 23.3 Å². The average molecular weight is 467 g/mol. The predicted octanol–water partition coefficient (Wildman–Crippen LogP) is 6.28. The zero-order chi connectivity index (χ0) is 22.5. The summed E-state index contributed by atoms with van der Waals surface area (Å²) in [5.74, 6) is 1.50. The SMILES string of the molecule is Cc1ccc(NC(=O)c2ccc(CSc3nc(Cl)cc(N4CCCCC4)n3)cc2)cc1C. The summed E-state index contributed by atoms with van der Waals surface area (Å²) in [6.07, 6.45) is 3.65. The molecule has 166 valence electrons. The summed E-state index contributed by atoms with van der Waals surface area (Å²) in [5, 5.41) is 4.11. The second-order valence-electron chi connectivity index (χ2n) is 8.12. The number of carbonyl (C=O) groups is 1. The maximum atomic E-state index is 12.6. The normalized spacial score (nSPS) is 13.8. The van der Waals surface area contributed by atoms with Crippen LogP contribution in [-0.2, 0) is 5.75 Å². The van der Waals surface area contributed by atoms with Gasteiger partial charge >= 0.3 is 0 Å². The third-order valence-corrected chi connectivity index (χ3v) is 6.80. The molecule has 0 saturated carbocycles. The lowest BCUT2D eigenvalue weighted by molar-refractivity contribution is 0.102. The van der Waals surface area contributed by atoms with Crippen molar-refractivity contribution in [3.05, 3.63) is 75.9 Å². The van der Waals surface area contributed by atoms with E-state index < -0.39 is 0 Å².